The molecule has 0 rings (SSSR count). The van der Waals surface area contributed by atoms with Crippen LogP contribution in [0.2, 0.25) is 0 Å². The summed E-state index contributed by atoms with van der Waals surface area (Å²) >= 11 is 0. The Morgan fingerprint density at radius 3 is 1.30 bits per heavy atom. The van der Waals surface area contributed by atoms with Crippen molar-refractivity contribution in [2.24, 2.45) is 0 Å². The second kappa shape index (κ2) is 12.4. The van der Waals surface area contributed by atoms with Crippen LogP contribution in [0.5, 0.6) is 0 Å². The van der Waals surface area contributed by atoms with Crippen LogP contribution >= 0.6 is 0 Å². The van der Waals surface area contributed by atoms with Crippen LogP contribution in [-0.2, 0) is 9.59 Å². The largest absolute Gasteiger partial charge is 0.394 e. The van der Waals surface area contributed by atoms with Crippen molar-refractivity contribution in [3.05, 3.63) is 0 Å². The quantitative estimate of drug-likeness (QED) is 0.179. The van der Waals surface area contributed by atoms with Gasteiger partial charge < -0.3 is 55.5 Å². The molecule has 9 N–H and O–H groups in total. The van der Waals surface area contributed by atoms with Crippen LogP contribution in [0.3, 0.4) is 0 Å². The maximum absolute atomic E-state index is 9.90. The van der Waals surface area contributed by atoms with Crippen molar-refractivity contribution in [3.63, 3.8) is 0 Å². The van der Waals surface area contributed by atoms with Crippen molar-refractivity contribution in [2.45, 2.75) is 55.8 Å². The van der Waals surface area contributed by atoms with Crippen molar-refractivity contribution >= 4 is 12.6 Å². The second-order valence-corrected chi connectivity index (χ2v) is 4.71. The van der Waals surface area contributed by atoms with Gasteiger partial charge in [-0.25, -0.2) is 0 Å². The fourth-order valence-corrected chi connectivity index (χ4v) is 1.19. The van der Waals surface area contributed by atoms with Gasteiger partial charge in [0.2, 0.25) is 0 Å². The van der Waals surface area contributed by atoms with Crippen LogP contribution in [0.4, 0.5) is 0 Å². The van der Waals surface area contributed by atoms with Gasteiger partial charge >= 0.3 is 0 Å². The van der Waals surface area contributed by atoms with E-state index in [0.717, 1.165) is 0 Å². The highest BCUT2D eigenvalue weighted by Gasteiger charge is 2.29. The molecule has 0 aliphatic heterocycles. The molecule has 0 saturated heterocycles. The Morgan fingerprint density at radius 2 is 1.04 bits per heavy atom. The average molecular weight is 344 g/mol. The normalized spacial score (nSPS) is 21.5. The minimum absolute atomic E-state index is 0.0258. The Bertz CT molecular complexity index is 324. The van der Waals surface area contributed by atoms with Crippen LogP contribution in [0, 0.1) is 0 Å². The van der Waals surface area contributed by atoms with E-state index in [0.29, 0.717) is 0 Å². The zero-order chi connectivity index (χ0) is 18.7. The highest BCUT2D eigenvalue weighted by Crippen LogP contribution is 2.03. The molecule has 0 aliphatic rings. The van der Waals surface area contributed by atoms with Gasteiger partial charge in [-0.2, -0.15) is 0 Å². The van der Waals surface area contributed by atoms with Crippen molar-refractivity contribution < 1.29 is 55.5 Å². The van der Waals surface area contributed by atoms with E-state index in [2.05, 4.69) is 0 Å². The molecule has 11 nitrogen and oxygen atoms in total. The molecule has 23 heavy (non-hydrogen) atoms. The molecular weight excluding hydrogens is 320 g/mol. The van der Waals surface area contributed by atoms with Gasteiger partial charge in [-0.1, -0.05) is 0 Å². The van der Waals surface area contributed by atoms with E-state index in [1.165, 1.54) is 6.92 Å². The third-order valence-corrected chi connectivity index (χ3v) is 2.75. The molecule has 0 aromatic rings. The molecule has 0 amide bonds. The predicted octanol–water partition coefficient (Wildman–Crippen LogP) is -5.73. The van der Waals surface area contributed by atoms with Crippen LogP contribution in [0.25, 0.3) is 0 Å². The smallest absolute Gasteiger partial charge is 0.151 e. The lowest BCUT2D eigenvalue weighted by molar-refractivity contribution is -0.136. The fourth-order valence-electron chi connectivity index (χ4n) is 1.19. The Kier molecular flexibility index (Phi) is 13.1. The van der Waals surface area contributed by atoms with Crippen molar-refractivity contribution in [1.82, 2.24) is 0 Å². The number of hydrogen-bond acceptors (Lipinski definition) is 11. The number of carbonyl (C=O) groups is 2. The van der Waals surface area contributed by atoms with E-state index in [1.54, 1.807) is 0 Å². The molecule has 0 aromatic carbocycles. The highest BCUT2D eigenvalue weighted by atomic mass is 16.4. The minimum atomic E-state index is -1.79. The van der Waals surface area contributed by atoms with Crippen LogP contribution in [0.15, 0.2) is 0 Å². The summed E-state index contributed by atoms with van der Waals surface area (Å²) in [7, 11) is 0. The number of hydrogen-bond donors (Lipinski definition) is 9. The standard InChI is InChI=1S/C6H12O6.C6H12O5/c7-1-3(9)5(11)6(12)4(10)2-8;1-3(8)5(10)6(11)4(9)2-7/h1,3-6,8-12H,2H2;2-6,8-11H,1H3/t2*3-,4-,5-,6-/m10/s1. The Hall–Kier alpha value is -1.02. The van der Waals surface area contributed by atoms with Gasteiger partial charge in [-0.3, -0.25) is 0 Å². The van der Waals surface area contributed by atoms with Crippen molar-refractivity contribution in [3.8, 4) is 0 Å². The summed E-state index contributed by atoms with van der Waals surface area (Å²) in [6.45, 7) is 0.481. The Morgan fingerprint density at radius 1 is 0.696 bits per heavy atom. The van der Waals surface area contributed by atoms with Crippen LogP contribution in [-0.4, -0.2) is 114 Å². The first-order valence-electron chi connectivity index (χ1n) is 6.51. The molecule has 0 saturated carbocycles. The molecule has 0 fully saturated rings. The van der Waals surface area contributed by atoms with Gasteiger partial charge in [0.25, 0.3) is 0 Å². The number of rotatable bonds is 9. The summed E-state index contributed by atoms with van der Waals surface area (Å²) in [5.41, 5.74) is 0. The predicted molar refractivity (Wildman–Crippen MR) is 72.9 cm³/mol. The maximum Gasteiger partial charge on any atom is 0.151 e. The summed E-state index contributed by atoms with van der Waals surface area (Å²) in [4.78, 5) is 19.8. The van der Waals surface area contributed by atoms with Gasteiger partial charge in [0, 0.05) is 0 Å². The molecule has 0 bridgehead atoms. The molecule has 0 spiro atoms. The molecule has 0 heterocycles. The third kappa shape index (κ3) is 9.00. The summed E-state index contributed by atoms with van der Waals surface area (Å²) in [5, 5.41) is 78.6. The molecule has 0 aromatic heterocycles. The van der Waals surface area contributed by atoms with E-state index in [1.807, 2.05) is 0 Å². The number of carbonyl (C=O) groups excluding carboxylic acids is 2. The van der Waals surface area contributed by atoms with E-state index in [-0.39, 0.29) is 12.6 Å². The molecule has 8 atom stereocenters. The highest BCUT2D eigenvalue weighted by molar-refractivity contribution is 5.57. The van der Waals surface area contributed by atoms with Crippen molar-refractivity contribution in [2.75, 3.05) is 6.61 Å². The van der Waals surface area contributed by atoms with Gasteiger partial charge in [-0.05, 0) is 6.92 Å². The lowest BCUT2D eigenvalue weighted by Crippen LogP contribution is -2.46. The number of aldehydes is 2. The monoisotopic (exact) mass is 344 g/mol. The average Bonchev–Trinajstić information content (AvgIpc) is 2.56. The van der Waals surface area contributed by atoms with Crippen molar-refractivity contribution in [1.29, 1.82) is 0 Å². The summed E-state index contributed by atoms with van der Waals surface area (Å²) in [6, 6.07) is 0. The lowest BCUT2D eigenvalue weighted by atomic mass is 10.0. The number of aliphatic hydroxyl groups excluding tert-OH is 9. The first kappa shape index (κ1) is 24.2. The zero-order valence-corrected chi connectivity index (χ0v) is 12.3. The van der Waals surface area contributed by atoms with E-state index >= 15 is 0 Å². The molecule has 11 heteroatoms. The molecule has 0 aliphatic carbocycles. The SMILES string of the molecule is C[C@H](O)[C@H](O)[C@@H](O)[C@@H](O)C=O.O=C[C@@H](O)[C@@H](O)[C@H](O)[C@H](O)CO. The Balaban J connectivity index is 0. The van der Waals surface area contributed by atoms with E-state index in [9.17, 15) is 9.59 Å². The molecule has 0 unspecified atom stereocenters. The lowest BCUT2D eigenvalue weighted by Gasteiger charge is -2.22. The van der Waals surface area contributed by atoms with Crippen LogP contribution in [0.1, 0.15) is 6.92 Å². The Labute approximate surface area is 131 Å². The topological polar surface area (TPSA) is 216 Å². The summed E-state index contributed by atoms with van der Waals surface area (Å²) in [6.07, 6.45) is -12.7. The minimum Gasteiger partial charge on any atom is -0.394 e. The molecule has 0 radical (unpaired) electrons. The maximum atomic E-state index is 9.90. The van der Waals surface area contributed by atoms with Crippen LogP contribution < -0.4 is 0 Å². The van der Waals surface area contributed by atoms with Gasteiger partial charge in [0.15, 0.2) is 12.6 Å². The van der Waals surface area contributed by atoms with E-state index in [4.69, 9.17) is 46.0 Å². The molecule has 138 valence electrons. The third-order valence-electron chi connectivity index (χ3n) is 2.75. The second-order valence-electron chi connectivity index (χ2n) is 4.71. The first-order valence-corrected chi connectivity index (χ1v) is 6.51. The van der Waals surface area contributed by atoms with Gasteiger partial charge in [0.1, 0.15) is 42.7 Å². The van der Waals surface area contributed by atoms with Gasteiger partial charge in [0.05, 0.1) is 12.7 Å². The molecular formula is C12H24O11. The summed E-state index contributed by atoms with van der Waals surface area (Å²) < 4.78 is 0. The fraction of sp³-hybridized carbons (Fsp3) is 0.833. The van der Waals surface area contributed by atoms with Gasteiger partial charge in [-0.15, -0.1) is 0 Å². The first-order chi connectivity index (χ1) is 10.5. The summed E-state index contributed by atoms with van der Waals surface area (Å²) in [5.74, 6) is 0. The number of aliphatic hydroxyl groups is 9. The zero-order valence-electron chi connectivity index (χ0n) is 12.3. The van der Waals surface area contributed by atoms with E-state index < -0.39 is 55.4 Å².